The van der Waals surface area contributed by atoms with Crippen molar-refractivity contribution in [1.29, 1.82) is 0 Å². The Kier molecular flexibility index (Phi) is 4.22. The molecule has 6 nitrogen and oxygen atoms in total. The fourth-order valence-electron chi connectivity index (χ4n) is 2.95. The highest BCUT2D eigenvalue weighted by Gasteiger charge is 2.25. The number of amides is 1. The second kappa shape index (κ2) is 6.51. The average molecular weight is 362 g/mol. The number of carbonyl (C=O) groups excluding carboxylic acids is 1. The van der Waals surface area contributed by atoms with Crippen molar-refractivity contribution in [2.24, 2.45) is 0 Å². The van der Waals surface area contributed by atoms with Gasteiger partial charge in [0.25, 0.3) is 5.91 Å². The summed E-state index contributed by atoms with van der Waals surface area (Å²) in [7, 11) is 0. The Morgan fingerprint density at radius 1 is 1.29 bits per heavy atom. The first kappa shape index (κ1) is 15.6. The number of carbonyl (C=O) groups is 1. The lowest BCUT2D eigenvalue weighted by atomic mass is 10.2. The van der Waals surface area contributed by atoms with Gasteiger partial charge in [-0.15, -0.1) is 11.3 Å². The van der Waals surface area contributed by atoms with Crippen molar-refractivity contribution in [2.75, 3.05) is 26.2 Å². The summed E-state index contributed by atoms with van der Waals surface area (Å²) in [6.07, 6.45) is 0. The molecule has 1 aromatic carbocycles. The molecular formula is C16H16ClN5OS. The zero-order chi connectivity index (χ0) is 16.5. The summed E-state index contributed by atoms with van der Waals surface area (Å²) >= 11 is 7.66. The van der Waals surface area contributed by atoms with Gasteiger partial charge in [-0.1, -0.05) is 11.6 Å². The number of fused-ring (bicyclic) bond motifs is 1. The highest BCUT2D eigenvalue weighted by molar-refractivity contribution is 7.07. The molecule has 1 amide bonds. The second-order valence-corrected chi connectivity index (χ2v) is 6.97. The smallest absolute Gasteiger partial charge is 0.275 e. The molecule has 0 spiro atoms. The Balaban J connectivity index is 1.45. The molecule has 1 aliphatic heterocycles. The highest BCUT2D eigenvalue weighted by atomic mass is 35.5. The van der Waals surface area contributed by atoms with Crippen LogP contribution in [0.5, 0.6) is 0 Å². The lowest BCUT2D eigenvalue weighted by molar-refractivity contribution is 0.0623. The van der Waals surface area contributed by atoms with Crippen LogP contribution in [0.15, 0.2) is 29.1 Å². The molecule has 124 valence electrons. The molecule has 0 bridgehead atoms. The van der Waals surface area contributed by atoms with Crippen LogP contribution >= 0.6 is 22.9 Å². The molecule has 0 aliphatic carbocycles. The van der Waals surface area contributed by atoms with Gasteiger partial charge in [-0.25, -0.2) is 4.98 Å². The SMILES string of the molecule is O=C(c1n[nH]c2ccc(Cl)cc12)N1CCN(Cc2cscn2)CC1. The molecule has 3 heterocycles. The Labute approximate surface area is 148 Å². The lowest BCUT2D eigenvalue weighted by Crippen LogP contribution is -2.48. The van der Waals surface area contributed by atoms with Crippen molar-refractivity contribution < 1.29 is 4.79 Å². The summed E-state index contributed by atoms with van der Waals surface area (Å²) in [6, 6.07) is 5.41. The van der Waals surface area contributed by atoms with Gasteiger partial charge in [0, 0.05) is 48.5 Å². The molecule has 1 fully saturated rings. The highest BCUT2D eigenvalue weighted by Crippen LogP contribution is 2.22. The van der Waals surface area contributed by atoms with E-state index in [-0.39, 0.29) is 5.91 Å². The van der Waals surface area contributed by atoms with Crippen LogP contribution in [0.3, 0.4) is 0 Å². The van der Waals surface area contributed by atoms with E-state index >= 15 is 0 Å². The van der Waals surface area contributed by atoms with Gasteiger partial charge in [0.15, 0.2) is 5.69 Å². The van der Waals surface area contributed by atoms with E-state index < -0.39 is 0 Å². The second-order valence-electron chi connectivity index (χ2n) is 5.81. The Morgan fingerprint density at radius 2 is 2.12 bits per heavy atom. The van der Waals surface area contributed by atoms with E-state index in [0.29, 0.717) is 23.8 Å². The van der Waals surface area contributed by atoms with Crippen molar-refractivity contribution in [3.05, 3.63) is 45.5 Å². The third-order valence-corrected chi connectivity index (χ3v) is 5.13. The molecule has 0 saturated carbocycles. The van der Waals surface area contributed by atoms with Crippen molar-refractivity contribution in [2.45, 2.75) is 6.54 Å². The summed E-state index contributed by atoms with van der Waals surface area (Å²) in [6.45, 7) is 3.90. The first-order valence-electron chi connectivity index (χ1n) is 7.73. The number of piperazine rings is 1. The third-order valence-electron chi connectivity index (χ3n) is 4.26. The molecular weight excluding hydrogens is 346 g/mol. The molecule has 24 heavy (non-hydrogen) atoms. The van der Waals surface area contributed by atoms with Gasteiger partial charge in [-0.3, -0.25) is 14.8 Å². The number of nitrogens with zero attached hydrogens (tertiary/aromatic N) is 4. The van der Waals surface area contributed by atoms with Crippen LogP contribution in [-0.2, 0) is 6.54 Å². The minimum absolute atomic E-state index is 0.0446. The zero-order valence-corrected chi connectivity index (χ0v) is 14.5. The maximum atomic E-state index is 12.8. The maximum absolute atomic E-state index is 12.8. The molecule has 1 aliphatic rings. The van der Waals surface area contributed by atoms with Gasteiger partial charge in [0.05, 0.1) is 16.7 Å². The van der Waals surface area contributed by atoms with E-state index in [9.17, 15) is 4.79 Å². The first-order valence-corrected chi connectivity index (χ1v) is 9.05. The van der Waals surface area contributed by atoms with Crippen LogP contribution in [0.25, 0.3) is 10.9 Å². The van der Waals surface area contributed by atoms with Crippen molar-refractivity contribution in [1.82, 2.24) is 25.0 Å². The number of hydrogen-bond donors (Lipinski definition) is 1. The van der Waals surface area contributed by atoms with Crippen LogP contribution in [0.2, 0.25) is 5.02 Å². The number of rotatable bonds is 3. The number of halogens is 1. The van der Waals surface area contributed by atoms with Crippen molar-refractivity contribution in [3.63, 3.8) is 0 Å². The third kappa shape index (κ3) is 3.02. The Hall–Kier alpha value is -1.96. The Morgan fingerprint density at radius 3 is 2.88 bits per heavy atom. The topological polar surface area (TPSA) is 65.1 Å². The standard InChI is InChI=1S/C16H16ClN5OS/c17-11-1-2-14-13(7-11)15(20-19-14)16(23)22-5-3-21(4-6-22)8-12-9-24-10-18-12/h1-2,7,9-10H,3-6,8H2,(H,19,20). The van der Waals surface area contributed by atoms with E-state index in [4.69, 9.17) is 11.6 Å². The summed E-state index contributed by atoms with van der Waals surface area (Å²) in [5.41, 5.74) is 4.21. The van der Waals surface area contributed by atoms with Gasteiger partial charge in [-0.2, -0.15) is 5.10 Å². The summed E-state index contributed by atoms with van der Waals surface area (Å²) < 4.78 is 0. The van der Waals surface area contributed by atoms with E-state index in [1.54, 1.807) is 23.5 Å². The molecule has 2 aromatic heterocycles. The average Bonchev–Trinajstić information content (AvgIpc) is 3.24. The van der Waals surface area contributed by atoms with Crippen molar-refractivity contribution >= 4 is 39.7 Å². The number of hydrogen-bond acceptors (Lipinski definition) is 5. The number of aromatic amines is 1. The van der Waals surface area contributed by atoms with Crippen LogP contribution in [0, 0.1) is 0 Å². The van der Waals surface area contributed by atoms with Crippen LogP contribution in [-0.4, -0.2) is 57.1 Å². The number of benzene rings is 1. The Bertz CT molecular complexity index is 855. The molecule has 1 N–H and O–H groups in total. The monoisotopic (exact) mass is 361 g/mol. The van der Waals surface area contributed by atoms with Gasteiger partial charge in [0.2, 0.25) is 0 Å². The zero-order valence-electron chi connectivity index (χ0n) is 12.9. The molecule has 4 rings (SSSR count). The molecule has 0 radical (unpaired) electrons. The van der Waals surface area contributed by atoms with E-state index in [1.165, 1.54) is 0 Å². The van der Waals surface area contributed by atoms with Crippen LogP contribution in [0.1, 0.15) is 16.2 Å². The van der Waals surface area contributed by atoms with E-state index in [0.717, 1.165) is 36.2 Å². The summed E-state index contributed by atoms with van der Waals surface area (Å²) in [5, 5.41) is 10.5. The molecule has 1 saturated heterocycles. The van der Waals surface area contributed by atoms with E-state index in [2.05, 4.69) is 25.5 Å². The minimum atomic E-state index is -0.0446. The normalized spacial score (nSPS) is 16.0. The van der Waals surface area contributed by atoms with Crippen LogP contribution in [0.4, 0.5) is 0 Å². The lowest BCUT2D eigenvalue weighted by Gasteiger charge is -2.34. The van der Waals surface area contributed by atoms with Crippen LogP contribution < -0.4 is 0 Å². The number of aromatic nitrogens is 3. The molecule has 8 heteroatoms. The largest absolute Gasteiger partial charge is 0.335 e. The van der Waals surface area contributed by atoms with Crippen molar-refractivity contribution in [3.8, 4) is 0 Å². The first-order chi connectivity index (χ1) is 11.7. The molecule has 0 unspecified atom stereocenters. The quantitative estimate of drug-likeness (QED) is 0.778. The van der Waals surface area contributed by atoms with E-state index in [1.807, 2.05) is 16.5 Å². The predicted molar refractivity (Wildman–Crippen MR) is 94.4 cm³/mol. The predicted octanol–water partition coefficient (Wildman–Crippen LogP) is 2.63. The fraction of sp³-hybridized carbons (Fsp3) is 0.312. The number of thiazole rings is 1. The summed E-state index contributed by atoms with van der Waals surface area (Å²) in [5.74, 6) is -0.0446. The summed E-state index contributed by atoms with van der Waals surface area (Å²) in [4.78, 5) is 21.3. The van der Waals surface area contributed by atoms with Gasteiger partial charge >= 0.3 is 0 Å². The number of H-pyrrole nitrogens is 1. The molecule has 0 atom stereocenters. The van der Waals surface area contributed by atoms with Gasteiger partial charge in [0.1, 0.15) is 0 Å². The number of nitrogens with one attached hydrogen (secondary N) is 1. The van der Waals surface area contributed by atoms with Gasteiger partial charge in [-0.05, 0) is 18.2 Å². The minimum Gasteiger partial charge on any atom is -0.335 e. The fourth-order valence-corrected chi connectivity index (χ4v) is 3.67. The molecule has 3 aromatic rings. The maximum Gasteiger partial charge on any atom is 0.275 e. The van der Waals surface area contributed by atoms with Gasteiger partial charge < -0.3 is 4.90 Å².